The van der Waals surface area contributed by atoms with Crippen molar-refractivity contribution in [2.45, 2.75) is 38.9 Å². The van der Waals surface area contributed by atoms with Crippen LogP contribution in [0.2, 0.25) is 0 Å². The molecule has 0 saturated heterocycles. The number of aliphatic hydroxyl groups is 2. The van der Waals surface area contributed by atoms with Crippen molar-refractivity contribution in [1.82, 2.24) is 0 Å². The van der Waals surface area contributed by atoms with Gasteiger partial charge in [0.2, 0.25) is 0 Å². The highest BCUT2D eigenvalue weighted by Gasteiger charge is 2.03. The molecule has 0 spiro atoms. The Bertz CT molecular complexity index is 71.7. The van der Waals surface area contributed by atoms with Gasteiger partial charge in [-0.3, -0.25) is 0 Å². The van der Waals surface area contributed by atoms with Gasteiger partial charge in [-0.05, 0) is 18.8 Å². The lowest BCUT2D eigenvalue weighted by atomic mass is 10.0. The van der Waals surface area contributed by atoms with E-state index >= 15 is 0 Å². The van der Waals surface area contributed by atoms with Crippen LogP contribution in [-0.4, -0.2) is 16.5 Å². The topological polar surface area (TPSA) is 40.5 Å². The van der Waals surface area contributed by atoms with E-state index in [2.05, 4.69) is 13.8 Å². The van der Waals surface area contributed by atoms with Crippen LogP contribution >= 0.6 is 0 Å². The molecule has 0 bridgehead atoms. The Balaban J connectivity index is 3.12. The summed E-state index contributed by atoms with van der Waals surface area (Å²) in [5.41, 5.74) is 0. The smallest absolute Gasteiger partial charge is 0.151 e. The van der Waals surface area contributed by atoms with Gasteiger partial charge in [0.05, 0.1) is 0 Å². The zero-order valence-electron chi connectivity index (χ0n) is 6.58. The van der Waals surface area contributed by atoms with E-state index in [-0.39, 0.29) is 0 Å². The number of hydrogen-bond acceptors (Lipinski definition) is 2. The van der Waals surface area contributed by atoms with Crippen LogP contribution < -0.4 is 0 Å². The van der Waals surface area contributed by atoms with Crippen molar-refractivity contribution >= 4 is 0 Å². The molecule has 0 aromatic carbocycles. The molecular formula is C8H17O2. The fourth-order valence-corrected chi connectivity index (χ4v) is 0.926. The first kappa shape index (κ1) is 9.92. The second-order valence-corrected chi connectivity index (χ2v) is 2.81. The first-order valence-electron chi connectivity index (χ1n) is 3.82. The van der Waals surface area contributed by atoms with Gasteiger partial charge in [-0.1, -0.05) is 26.7 Å². The van der Waals surface area contributed by atoms with Crippen molar-refractivity contribution in [3.05, 3.63) is 6.92 Å². The maximum absolute atomic E-state index is 8.51. The first-order valence-corrected chi connectivity index (χ1v) is 3.82. The zero-order chi connectivity index (χ0) is 7.98. The van der Waals surface area contributed by atoms with Crippen molar-refractivity contribution in [1.29, 1.82) is 0 Å². The van der Waals surface area contributed by atoms with Crippen LogP contribution in [0.3, 0.4) is 0 Å². The Labute approximate surface area is 62.9 Å². The maximum atomic E-state index is 8.51. The summed E-state index contributed by atoms with van der Waals surface area (Å²) in [5, 5.41) is 17.0. The second kappa shape index (κ2) is 5.69. The summed E-state index contributed by atoms with van der Waals surface area (Å²) in [7, 11) is 0. The molecule has 10 heavy (non-hydrogen) atoms. The van der Waals surface area contributed by atoms with Gasteiger partial charge in [-0.25, -0.2) is 0 Å². The molecule has 2 nitrogen and oxygen atoms in total. The quantitative estimate of drug-likeness (QED) is 0.573. The van der Waals surface area contributed by atoms with Crippen molar-refractivity contribution in [3.63, 3.8) is 0 Å². The zero-order valence-corrected chi connectivity index (χ0v) is 6.58. The van der Waals surface area contributed by atoms with Crippen molar-refractivity contribution in [2.24, 2.45) is 5.92 Å². The summed E-state index contributed by atoms with van der Waals surface area (Å²) in [4.78, 5) is 0. The molecule has 2 heteroatoms. The molecule has 0 fully saturated rings. The van der Waals surface area contributed by atoms with Gasteiger partial charge in [-0.15, -0.1) is 0 Å². The highest BCUT2D eigenvalue weighted by atomic mass is 16.5. The standard InChI is InChI=1S/C8H17O2/c1-3-4-7(2)5-6-8(9)10/h7-10H,1,3-6H2,2H3. The highest BCUT2D eigenvalue weighted by molar-refractivity contribution is 4.54. The van der Waals surface area contributed by atoms with E-state index in [9.17, 15) is 0 Å². The summed E-state index contributed by atoms with van der Waals surface area (Å²) in [6.07, 6.45) is 2.25. The van der Waals surface area contributed by atoms with Gasteiger partial charge in [0.15, 0.2) is 6.29 Å². The second-order valence-electron chi connectivity index (χ2n) is 2.81. The van der Waals surface area contributed by atoms with E-state index in [1.165, 1.54) is 0 Å². The molecule has 0 rings (SSSR count). The molecule has 0 aromatic heterocycles. The monoisotopic (exact) mass is 145 g/mol. The van der Waals surface area contributed by atoms with Gasteiger partial charge >= 0.3 is 0 Å². The number of rotatable bonds is 5. The Morgan fingerprint density at radius 2 is 1.80 bits per heavy atom. The fourth-order valence-electron chi connectivity index (χ4n) is 0.926. The van der Waals surface area contributed by atoms with Crippen LogP contribution in [0.1, 0.15) is 32.6 Å². The van der Waals surface area contributed by atoms with Crippen molar-refractivity contribution < 1.29 is 10.2 Å². The molecule has 0 aliphatic rings. The van der Waals surface area contributed by atoms with E-state index < -0.39 is 6.29 Å². The highest BCUT2D eigenvalue weighted by Crippen LogP contribution is 2.12. The minimum absolute atomic E-state index is 0.487. The minimum atomic E-state index is -1.13. The van der Waals surface area contributed by atoms with Crippen LogP contribution in [0.4, 0.5) is 0 Å². The third-order valence-corrected chi connectivity index (χ3v) is 1.61. The van der Waals surface area contributed by atoms with Crippen molar-refractivity contribution in [3.8, 4) is 0 Å². The van der Waals surface area contributed by atoms with E-state index in [0.717, 1.165) is 19.3 Å². The summed E-state index contributed by atoms with van der Waals surface area (Å²) >= 11 is 0. The van der Waals surface area contributed by atoms with Gasteiger partial charge in [0, 0.05) is 0 Å². The van der Waals surface area contributed by atoms with Crippen LogP contribution in [0.25, 0.3) is 0 Å². The molecule has 1 unspecified atom stereocenters. The summed E-state index contributed by atoms with van der Waals surface area (Å²) in [6.45, 7) is 5.83. The van der Waals surface area contributed by atoms with Gasteiger partial charge < -0.3 is 10.2 Å². The van der Waals surface area contributed by atoms with Crippen LogP contribution in [0.15, 0.2) is 0 Å². The normalized spacial score (nSPS) is 14.1. The largest absolute Gasteiger partial charge is 0.368 e. The summed E-state index contributed by atoms with van der Waals surface area (Å²) in [5.74, 6) is 0.569. The molecule has 1 radical (unpaired) electrons. The molecule has 0 saturated carbocycles. The molecule has 0 amide bonds. The molecule has 1 atom stereocenters. The molecular weight excluding hydrogens is 128 g/mol. The maximum Gasteiger partial charge on any atom is 0.151 e. The van der Waals surface area contributed by atoms with Crippen LogP contribution in [-0.2, 0) is 0 Å². The summed E-state index contributed by atoms with van der Waals surface area (Å²) in [6, 6.07) is 0. The first-order chi connectivity index (χ1) is 4.66. The Hall–Kier alpha value is -0.0800. The third-order valence-electron chi connectivity index (χ3n) is 1.61. The molecule has 0 heterocycles. The molecule has 0 aliphatic carbocycles. The molecule has 0 aliphatic heterocycles. The Morgan fingerprint density at radius 1 is 1.20 bits per heavy atom. The number of hydrogen-bond donors (Lipinski definition) is 2. The Kier molecular flexibility index (Phi) is 5.64. The minimum Gasteiger partial charge on any atom is -0.368 e. The SMILES string of the molecule is [CH2]CCC(C)CCC(O)O. The lowest BCUT2D eigenvalue weighted by molar-refractivity contribution is -0.0486. The van der Waals surface area contributed by atoms with Gasteiger partial charge in [-0.2, -0.15) is 0 Å². The molecule has 0 aromatic rings. The lowest BCUT2D eigenvalue weighted by Crippen LogP contribution is -2.06. The predicted octanol–water partition coefficient (Wildman–Crippen LogP) is 1.33. The van der Waals surface area contributed by atoms with Crippen LogP contribution in [0, 0.1) is 12.8 Å². The average Bonchev–Trinajstić information content (AvgIpc) is 1.85. The van der Waals surface area contributed by atoms with Gasteiger partial charge in [0.25, 0.3) is 0 Å². The predicted molar refractivity (Wildman–Crippen MR) is 41.2 cm³/mol. The lowest BCUT2D eigenvalue weighted by Gasteiger charge is -2.09. The average molecular weight is 145 g/mol. The van der Waals surface area contributed by atoms with E-state index in [0.29, 0.717) is 12.3 Å². The van der Waals surface area contributed by atoms with Gasteiger partial charge in [0.1, 0.15) is 0 Å². The van der Waals surface area contributed by atoms with E-state index in [4.69, 9.17) is 10.2 Å². The fraction of sp³-hybridized carbons (Fsp3) is 0.875. The van der Waals surface area contributed by atoms with E-state index in [1.54, 1.807) is 0 Å². The van der Waals surface area contributed by atoms with Crippen molar-refractivity contribution in [2.75, 3.05) is 0 Å². The van der Waals surface area contributed by atoms with Crippen LogP contribution in [0.5, 0.6) is 0 Å². The third kappa shape index (κ3) is 6.05. The molecule has 2 N–H and O–H groups in total. The Morgan fingerprint density at radius 3 is 2.20 bits per heavy atom. The van der Waals surface area contributed by atoms with E-state index in [1.807, 2.05) is 0 Å². The summed E-state index contributed by atoms with van der Waals surface area (Å²) < 4.78 is 0. The molecule has 61 valence electrons. The number of aliphatic hydroxyl groups excluding tert-OH is 1.